The van der Waals surface area contributed by atoms with Gasteiger partial charge in [-0.3, -0.25) is 4.79 Å². The predicted octanol–water partition coefficient (Wildman–Crippen LogP) is 5.46. The topological polar surface area (TPSA) is 47.6 Å². The van der Waals surface area contributed by atoms with Crippen molar-refractivity contribution in [1.82, 2.24) is 5.32 Å². The van der Waals surface area contributed by atoms with Crippen LogP contribution in [0, 0.1) is 6.92 Å². The van der Waals surface area contributed by atoms with Gasteiger partial charge in [-0.25, -0.2) is 0 Å². The summed E-state index contributed by atoms with van der Waals surface area (Å²) in [4.78, 5) is 12.8. The number of benzene rings is 3. The van der Waals surface area contributed by atoms with Crippen molar-refractivity contribution in [3.63, 3.8) is 0 Å². The summed E-state index contributed by atoms with van der Waals surface area (Å²) in [6, 6.07) is 23.2. The van der Waals surface area contributed by atoms with E-state index in [2.05, 4.69) is 5.32 Å². The Morgan fingerprint density at radius 1 is 0.966 bits per heavy atom. The molecular weight excluding hydrogens is 362 g/mol. The molecule has 0 aliphatic carbocycles. The van der Waals surface area contributed by atoms with Gasteiger partial charge in [-0.2, -0.15) is 0 Å². The van der Waals surface area contributed by atoms with Gasteiger partial charge in [0, 0.05) is 11.1 Å². The quantitative estimate of drug-likeness (QED) is 0.556. The molecule has 0 aromatic heterocycles. The van der Waals surface area contributed by atoms with Crippen molar-refractivity contribution >= 4 is 5.91 Å². The molecule has 0 bridgehead atoms. The molecule has 3 aromatic carbocycles. The van der Waals surface area contributed by atoms with Gasteiger partial charge in [0.15, 0.2) is 0 Å². The predicted molar refractivity (Wildman–Crippen MR) is 115 cm³/mol. The van der Waals surface area contributed by atoms with E-state index in [4.69, 9.17) is 9.47 Å². The van der Waals surface area contributed by atoms with Gasteiger partial charge in [-0.05, 0) is 62.2 Å². The lowest BCUT2D eigenvalue weighted by Crippen LogP contribution is -2.26. The van der Waals surface area contributed by atoms with E-state index < -0.39 is 0 Å². The molecule has 0 fully saturated rings. The van der Waals surface area contributed by atoms with Crippen LogP contribution in [0.15, 0.2) is 72.8 Å². The third kappa shape index (κ3) is 5.61. The number of nitrogens with one attached hydrogen (secondary N) is 1. The summed E-state index contributed by atoms with van der Waals surface area (Å²) in [7, 11) is 0. The average molecular weight is 389 g/mol. The molecule has 0 radical (unpaired) electrons. The Kier molecular flexibility index (Phi) is 6.90. The first-order valence-corrected chi connectivity index (χ1v) is 9.88. The maximum absolute atomic E-state index is 12.8. The van der Waals surface area contributed by atoms with Crippen molar-refractivity contribution < 1.29 is 14.3 Å². The van der Waals surface area contributed by atoms with E-state index in [9.17, 15) is 4.79 Å². The smallest absolute Gasteiger partial charge is 0.251 e. The number of hydrogen-bond acceptors (Lipinski definition) is 3. The Bertz CT molecular complexity index is 953. The van der Waals surface area contributed by atoms with Gasteiger partial charge < -0.3 is 14.8 Å². The van der Waals surface area contributed by atoms with E-state index in [1.807, 2.05) is 87.5 Å². The second-order valence-electron chi connectivity index (χ2n) is 6.97. The highest BCUT2D eigenvalue weighted by molar-refractivity contribution is 5.94. The molecule has 1 atom stereocenters. The SMILES string of the molecule is CCOc1ccc(C(=O)NC(C)c2ccccc2)cc1COc1cccc(C)c1. The lowest BCUT2D eigenvalue weighted by atomic mass is 10.1. The van der Waals surface area contributed by atoms with Crippen molar-refractivity contribution in [3.8, 4) is 11.5 Å². The minimum absolute atomic E-state index is 0.0812. The van der Waals surface area contributed by atoms with Gasteiger partial charge >= 0.3 is 0 Å². The molecule has 0 heterocycles. The summed E-state index contributed by atoms with van der Waals surface area (Å²) >= 11 is 0. The second kappa shape index (κ2) is 9.78. The molecule has 150 valence electrons. The van der Waals surface area contributed by atoms with E-state index in [-0.39, 0.29) is 11.9 Å². The van der Waals surface area contributed by atoms with Gasteiger partial charge in [0.05, 0.1) is 12.6 Å². The minimum atomic E-state index is -0.124. The number of rotatable bonds is 8. The van der Waals surface area contributed by atoms with Crippen LogP contribution in [0.4, 0.5) is 0 Å². The van der Waals surface area contributed by atoms with Crippen molar-refractivity contribution in [3.05, 3.63) is 95.1 Å². The highest BCUT2D eigenvalue weighted by Crippen LogP contribution is 2.24. The molecule has 1 N–H and O–H groups in total. The van der Waals surface area contributed by atoms with Gasteiger partial charge in [-0.15, -0.1) is 0 Å². The van der Waals surface area contributed by atoms with Gasteiger partial charge in [0.1, 0.15) is 18.1 Å². The van der Waals surface area contributed by atoms with Crippen molar-refractivity contribution in [1.29, 1.82) is 0 Å². The number of ether oxygens (including phenoxy) is 2. The molecule has 0 saturated carbocycles. The van der Waals surface area contributed by atoms with Gasteiger partial charge in [-0.1, -0.05) is 42.5 Å². The Balaban J connectivity index is 1.75. The Labute approximate surface area is 172 Å². The molecule has 1 unspecified atom stereocenters. The van der Waals surface area contributed by atoms with Crippen LogP contribution in [-0.2, 0) is 6.61 Å². The molecule has 4 heteroatoms. The summed E-state index contributed by atoms with van der Waals surface area (Å²) in [5.74, 6) is 1.40. The first-order chi connectivity index (χ1) is 14.1. The first-order valence-electron chi connectivity index (χ1n) is 9.88. The number of carbonyl (C=O) groups is 1. The fourth-order valence-electron chi connectivity index (χ4n) is 3.10. The molecule has 1 amide bonds. The number of carbonyl (C=O) groups excluding carboxylic acids is 1. The molecule has 0 saturated heterocycles. The molecule has 0 aliphatic rings. The largest absolute Gasteiger partial charge is 0.493 e. The summed E-state index contributed by atoms with van der Waals surface area (Å²) in [5.41, 5.74) is 3.62. The lowest BCUT2D eigenvalue weighted by molar-refractivity contribution is 0.0939. The summed E-state index contributed by atoms with van der Waals surface area (Å²) < 4.78 is 11.7. The first kappa shape index (κ1) is 20.5. The standard InChI is InChI=1S/C25H27NO3/c1-4-28-24-14-13-21(25(27)26-19(3)20-10-6-5-7-11-20)16-22(24)17-29-23-12-8-9-18(2)15-23/h5-16,19H,4,17H2,1-3H3,(H,26,27). The molecule has 0 aliphatic heterocycles. The minimum Gasteiger partial charge on any atom is -0.493 e. The van der Waals surface area contributed by atoms with E-state index in [1.54, 1.807) is 6.07 Å². The normalized spacial score (nSPS) is 11.6. The zero-order valence-corrected chi connectivity index (χ0v) is 17.1. The number of hydrogen-bond donors (Lipinski definition) is 1. The Morgan fingerprint density at radius 3 is 2.48 bits per heavy atom. The van der Waals surface area contributed by atoms with Gasteiger partial charge in [0.25, 0.3) is 5.91 Å². The van der Waals surface area contributed by atoms with Crippen LogP contribution in [0.2, 0.25) is 0 Å². The van der Waals surface area contributed by atoms with E-state index >= 15 is 0 Å². The molecule has 0 spiro atoms. The second-order valence-corrected chi connectivity index (χ2v) is 6.97. The average Bonchev–Trinajstić information content (AvgIpc) is 2.74. The molecule has 3 aromatic rings. The van der Waals surface area contributed by atoms with E-state index in [0.717, 1.165) is 28.2 Å². The third-order valence-electron chi connectivity index (χ3n) is 4.65. The third-order valence-corrected chi connectivity index (χ3v) is 4.65. The fourth-order valence-corrected chi connectivity index (χ4v) is 3.10. The number of amides is 1. The van der Waals surface area contributed by atoms with Crippen molar-refractivity contribution in [2.45, 2.75) is 33.4 Å². The van der Waals surface area contributed by atoms with Crippen LogP contribution in [0.5, 0.6) is 11.5 Å². The van der Waals surface area contributed by atoms with E-state index in [1.165, 1.54) is 0 Å². The molecular formula is C25H27NO3. The van der Waals surface area contributed by atoms with Crippen LogP contribution in [0.25, 0.3) is 0 Å². The van der Waals surface area contributed by atoms with E-state index in [0.29, 0.717) is 18.8 Å². The molecule has 29 heavy (non-hydrogen) atoms. The molecule has 3 rings (SSSR count). The van der Waals surface area contributed by atoms with Gasteiger partial charge in [0.2, 0.25) is 0 Å². The monoisotopic (exact) mass is 389 g/mol. The highest BCUT2D eigenvalue weighted by Gasteiger charge is 2.14. The van der Waals surface area contributed by atoms with Crippen LogP contribution in [0.1, 0.15) is 46.9 Å². The lowest BCUT2D eigenvalue weighted by Gasteiger charge is -2.16. The van der Waals surface area contributed by atoms with Crippen LogP contribution in [0.3, 0.4) is 0 Å². The zero-order valence-electron chi connectivity index (χ0n) is 17.1. The maximum atomic E-state index is 12.8. The Morgan fingerprint density at radius 2 is 1.76 bits per heavy atom. The highest BCUT2D eigenvalue weighted by atomic mass is 16.5. The Hall–Kier alpha value is -3.27. The fraction of sp³-hybridized carbons (Fsp3) is 0.240. The van der Waals surface area contributed by atoms with Crippen molar-refractivity contribution in [2.75, 3.05) is 6.61 Å². The van der Waals surface area contributed by atoms with Crippen molar-refractivity contribution in [2.24, 2.45) is 0 Å². The summed E-state index contributed by atoms with van der Waals surface area (Å²) in [6.45, 7) is 6.82. The van der Waals surface area contributed by atoms with Crippen LogP contribution in [-0.4, -0.2) is 12.5 Å². The summed E-state index contributed by atoms with van der Waals surface area (Å²) in [5, 5.41) is 3.05. The zero-order chi connectivity index (χ0) is 20.6. The maximum Gasteiger partial charge on any atom is 0.251 e. The molecule has 4 nitrogen and oxygen atoms in total. The summed E-state index contributed by atoms with van der Waals surface area (Å²) in [6.07, 6.45) is 0. The van der Waals surface area contributed by atoms with Crippen LogP contribution < -0.4 is 14.8 Å². The van der Waals surface area contributed by atoms with Crippen LogP contribution >= 0.6 is 0 Å². The number of aryl methyl sites for hydroxylation is 1.